The van der Waals surface area contributed by atoms with Crippen molar-refractivity contribution in [1.82, 2.24) is 0 Å². The molecule has 0 aliphatic rings. The fourth-order valence-electron chi connectivity index (χ4n) is 2.56. The highest BCUT2D eigenvalue weighted by molar-refractivity contribution is 5.97. The normalized spacial score (nSPS) is 9.96. The highest BCUT2D eigenvalue weighted by Crippen LogP contribution is 2.34. The smallest absolute Gasteiger partial charge is 0.418 e. The van der Waals surface area contributed by atoms with E-state index >= 15 is 0 Å². The van der Waals surface area contributed by atoms with E-state index in [9.17, 15) is 4.79 Å². The van der Waals surface area contributed by atoms with E-state index in [-0.39, 0.29) is 13.3 Å². The van der Waals surface area contributed by atoms with Gasteiger partial charge < -0.3 is 18.9 Å². The van der Waals surface area contributed by atoms with Crippen LogP contribution in [0.4, 0.5) is 16.2 Å². The van der Waals surface area contributed by atoms with Gasteiger partial charge in [0.1, 0.15) is 11.5 Å². The standard InChI is InChI=1S/C19H22N4O5/c1-25-13-28-17-7-4-14(10-11-21-22-20)18(12-17)23(19(24)27-3)15-5-8-16(26-2)9-6-15/h4-9,12H,10-11,13H2,1-3H3. The number of ether oxygens (including phenoxy) is 4. The summed E-state index contributed by atoms with van der Waals surface area (Å²) in [6.07, 6.45) is -0.132. The SMILES string of the molecule is COCOc1ccc(CCN=[N+]=[N-])c(N(C(=O)OC)c2ccc(OC)cc2)c1. The van der Waals surface area contributed by atoms with Crippen LogP contribution in [-0.4, -0.2) is 40.8 Å². The first-order chi connectivity index (χ1) is 13.6. The third-order valence-electron chi connectivity index (χ3n) is 3.87. The topological polar surface area (TPSA) is 106 Å². The third-order valence-corrected chi connectivity index (χ3v) is 3.87. The molecule has 0 atom stereocenters. The second-order valence-corrected chi connectivity index (χ2v) is 5.55. The molecule has 0 N–H and O–H groups in total. The van der Waals surface area contributed by atoms with Crippen molar-refractivity contribution < 1.29 is 23.7 Å². The molecule has 148 valence electrons. The maximum atomic E-state index is 12.6. The van der Waals surface area contributed by atoms with Crippen molar-refractivity contribution >= 4 is 17.5 Å². The van der Waals surface area contributed by atoms with E-state index in [1.54, 1.807) is 43.5 Å². The predicted octanol–water partition coefficient (Wildman–Crippen LogP) is 4.44. The van der Waals surface area contributed by atoms with Crippen LogP contribution in [0, 0.1) is 0 Å². The first-order valence-electron chi connectivity index (χ1n) is 8.42. The number of methoxy groups -OCH3 is 3. The van der Waals surface area contributed by atoms with E-state index in [1.807, 2.05) is 6.07 Å². The van der Waals surface area contributed by atoms with Gasteiger partial charge in [-0.05, 0) is 47.8 Å². The maximum Gasteiger partial charge on any atom is 0.418 e. The number of rotatable bonds is 9. The quantitative estimate of drug-likeness (QED) is 0.274. The van der Waals surface area contributed by atoms with Crippen LogP contribution in [-0.2, 0) is 15.9 Å². The molecule has 2 rings (SSSR count). The Kier molecular flexibility index (Phi) is 7.95. The Morgan fingerprint density at radius 2 is 1.82 bits per heavy atom. The summed E-state index contributed by atoms with van der Waals surface area (Å²) in [6, 6.07) is 12.3. The van der Waals surface area contributed by atoms with Crippen LogP contribution in [0.5, 0.6) is 11.5 Å². The molecule has 0 aromatic heterocycles. The number of benzene rings is 2. The van der Waals surface area contributed by atoms with Crippen LogP contribution in [0.25, 0.3) is 10.4 Å². The molecule has 1 amide bonds. The van der Waals surface area contributed by atoms with Gasteiger partial charge in [-0.3, -0.25) is 0 Å². The second-order valence-electron chi connectivity index (χ2n) is 5.55. The van der Waals surface area contributed by atoms with Gasteiger partial charge in [-0.25, -0.2) is 9.69 Å². The molecule has 0 spiro atoms. The average molecular weight is 386 g/mol. The fourth-order valence-corrected chi connectivity index (χ4v) is 2.56. The number of hydrogen-bond acceptors (Lipinski definition) is 6. The van der Waals surface area contributed by atoms with Gasteiger partial charge in [0.2, 0.25) is 0 Å². The molecule has 0 saturated heterocycles. The van der Waals surface area contributed by atoms with Gasteiger partial charge in [-0.15, -0.1) is 0 Å². The molecule has 0 radical (unpaired) electrons. The Balaban J connectivity index is 2.52. The number of azide groups is 1. The summed E-state index contributed by atoms with van der Waals surface area (Å²) in [5.41, 5.74) is 10.5. The summed E-state index contributed by atoms with van der Waals surface area (Å²) in [4.78, 5) is 16.8. The Labute approximate surface area is 163 Å². The van der Waals surface area contributed by atoms with Crippen LogP contribution >= 0.6 is 0 Å². The molecule has 9 heteroatoms. The van der Waals surface area contributed by atoms with Crippen LogP contribution < -0.4 is 14.4 Å². The second kappa shape index (κ2) is 10.7. The number of carbonyl (C=O) groups is 1. The fraction of sp³-hybridized carbons (Fsp3) is 0.316. The minimum Gasteiger partial charge on any atom is -0.497 e. The lowest BCUT2D eigenvalue weighted by molar-refractivity contribution is 0.0511. The highest BCUT2D eigenvalue weighted by atomic mass is 16.7. The van der Waals surface area contributed by atoms with Crippen molar-refractivity contribution in [1.29, 1.82) is 0 Å². The molecular formula is C19H22N4O5. The zero-order chi connectivity index (χ0) is 20.4. The van der Waals surface area contributed by atoms with Crippen molar-refractivity contribution in [3.8, 4) is 11.5 Å². The zero-order valence-corrected chi connectivity index (χ0v) is 16.0. The number of amides is 1. The molecule has 2 aromatic carbocycles. The first kappa shape index (κ1) is 20.9. The largest absolute Gasteiger partial charge is 0.497 e. The van der Waals surface area contributed by atoms with Gasteiger partial charge in [0.25, 0.3) is 0 Å². The van der Waals surface area contributed by atoms with E-state index in [4.69, 9.17) is 24.5 Å². The summed E-state index contributed by atoms with van der Waals surface area (Å²) in [6.45, 7) is 0.317. The molecule has 0 heterocycles. The van der Waals surface area contributed by atoms with Crippen molar-refractivity contribution in [3.63, 3.8) is 0 Å². The lowest BCUT2D eigenvalue weighted by Gasteiger charge is -2.25. The first-order valence-corrected chi connectivity index (χ1v) is 8.42. The molecule has 2 aromatic rings. The van der Waals surface area contributed by atoms with Gasteiger partial charge in [0.15, 0.2) is 6.79 Å². The Morgan fingerprint density at radius 1 is 1.11 bits per heavy atom. The Bertz CT molecular complexity index is 835. The molecule has 0 unspecified atom stereocenters. The number of hydrogen-bond donors (Lipinski definition) is 0. The maximum absolute atomic E-state index is 12.6. The molecule has 0 bridgehead atoms. The van der Waals surface area contributed by atoms with E-state index in [0.717, 1.165) is 5.56 Å². The van der Waals surface area contributed by atoms with Gasteiger partial charge in [0.05, 0.1) is 25.6 Å². The average Bonchev–Trinajstić information content (AvgIpc) is 2.74. The third kappa shape index (κ3) is 5.29. The van der Waals surface area contributed by atoms with Crippen molar-refractivity contribution in [2.75, 3.05) is 39.6 Å². The summed E-state index contributed by atoms with van der Waals surface area (Å²) < 4.78 is 20.6. The highest BCUT2D eigenvalue weighted by Gasteiger charge is 2.22. The van der Waals surface area contributed by atoms with Crippen LogP contribution in [0.1, 0.15) is 5.56 Å². The summed E-state index contributed by atoms with van der Waals surface area (Å²) in [5, 5.41) is 3.58. The summed E-state index contributed by atoms with van der Waals surface area (Å²) in [5.74, 6) is 1.18. The monoisotopic (exact) mass is 386 g/mol. The molecular weight excluding hydrogens is 364 g/mol. The van der Waals surface area contributed by atoms with E-state index in [0.29, 0.717) is 29.3 Å². The summed E-state index contributed by atoms with van der Waals surface area (Å²) >= 11 is 0. The molecule has 0 fully saturated rings. The van der Waals surface area contributed by atoms with Gasteiger partial charge >= 0.3 is 6.09 Å². The molecule has 0 saturated carbocycles. The van der Waals surface area contributed by atoms with Crippen molar-refractivity contribution in [3.05, 3.63) is 58.5 Å². The molecule has 0 aliphatic heterocycles. The minimum atomic E-state index is -0.570. The van der Waals surface area contributed by atoms with Gasteiger partial charge in [-0.2, -0.15) is 0 Å². The van der Waals surface area contributed by atoms with Crippen molar-refractivity contribution in [2.45, 2.75) is 6.42 Å². The van der Waals surface area contributed by atoms with Gasteiger partial charge in [-0.1, -0.05) is 11.2 Å². The summed E-state index contributed by atoms with van der Waals surface area (Å²) in [7, 11) is 4.40. The zero-order valence-electron chi connectivity index (χ0n) is 16.0. The predicted molar refractivity (Wildman–Crippen MR) is 104 cm³/mol. The number of nitrogens with zero attached hydrogens (tertiary/aromatic N) is 4. The lowest BCUT2D eigenvalue weighted by Crippen LogP contribution is -2.27. The molecule has 0 aliphatic carbocycles. The molecule has 28 heavy (non-hydrogen) atoms. The van der Waals surface area contributed by atoms with Gasteiger partial charge in [0, 0.05) is 24.6 Å². The number of carbonyl (C=O) groups excluding carboxylic acids is 1. The Hall–Kier alpha value is -3.42. The van der Waals surface area contributed by atoms with Crippen LogP contribution in [0.15, 0.2) is 47.6 Å². The number of anilines is 2. The minimum absolute atomic E-state index is 0.0677. The van der Waals surface area contributed by atoms with Crippen LogP contribution in [0.2, 0.25) is 0 Å². The molecule has 9 nitrogen and oxygen atoms in total. The van der Waals surface area contributed by atoms with E-state index < -0.39 is 6.09 Å². The van der Waals surface area contributed by atoms with Crippen LogP contribution in [0.3, 0.4) is 0 Å². The van der Waals surface area contributed by atoms with E-state index in [2.05, 4.69) is 10.0 Å². The lowest BCUT2D eigenvalue weighted by atomic mass is 10.1. The van der Waals surface area contributed by atoms with E-state index in [1.165, 1.54) is 19.1 Å². The van der Waals surface area contributed by atoms with Crippen molar-refractivity contribution in [2.24, 2.45) is 5.11 Å². The Morgan fingerprint density at radius 3 is 2.43 bits per heavy atom.